The van der Waals surface area contributed by atoms with Crippen molar-refractivity contribution in [1.29, 1.82) is 5.26 Å². The first-order chi connectivity index (χ1) is 4.33. The second-order valence-corrected chi connectivity index (χ2v) is 1.54. The zero-order valence-electron chi connectivity index (χ0n) is 4.59. The topological polar surface area (TPSA) is 56.6 Å². The van der Waals surface area contributed by atoms with Gasteiger partial charge in [-0.2, -0.15) is 5.26 Å². The predicted molar refractivity (Wildman–Crippen MR) is 31.8 cm³/mol. The molecule has 0 aliphatic heterocycles. The lowest BCUT2D eigenvalue weighted by atomic mass is 10.4. The molecule has 0 atom stereocenters. The van der Waals surface area contributed by atoms with E-state index in [1.807, 2.05) is 6.07 Å². The van der Waals surface area contributed by atoms with Gasteiger partial charge in [0.1, 0.15) is 11.8 Å². The second-order valence-electron chi connectivity index (χ2n) is 1.54. The summed E-state index contributed by atoms with van der Waals surface area (Å²) in [5.41, 5.74) is 0.0524. The highest BCUT2D eigenvalue weighted by atomic mass is 16.1. The largest absolute Gasteiger partial charge is 0.314 e. The molecular formula is C6H4N2O. The van der Waals surface area contributed by atoms with Crippen molar-refractivity contribution in [2.24, 2.45) is 0 Å². The summed E-state index contributed by atoms with van der Waals surface area (Å²) in [7, 11) is 0. The molecule has 1 heterocycles. The number of hydrogen-bond donors (Lipinski definition) is 1. The molecule has 0 radical (unpaired) electrons. The van der Waals surface area contributed by atoms with Gasteiger partial charge in [0, 0.05) is 6.07 Å². The molecule has 3 nitrogen and oxygen atoms in total. The van der Waals surface area contributed by atoms with Gasteiger partial charge in [0.2, 0.25) is 5.56 Å². The standard InChI is InChI=1S/C6H4N2O/c7-4-5-2-1-3-6(9)8-5/h1-3H,(H,8,9). The summed E-state index contributed by atoms with van der Waals surface area (Å²) < 4.78 is 0. The molecule has 0 unspecified atom stereocenters. The SMILES string of the molecule is N#Cc1cccc(=O)[nH]1. The minimum Gasteiger partial charge on any atom is -0.314 e. The zero-order valence-corrected chi connectivity index (χ0v) is 4.59. The number of hydrogen-bond acceptors (Lipinski definition) is 2. The van der Waals surface area contributed by atoms with Crippen LogP contribution in [0.5, 0.6) is 0 Å². The average Bonchev–Trinajstić information content (AvgIpc) is 1.88. The summed E-state index contributed by atoms with van der Waals surface area (Å²) in [5.74, 6) is 0. The van der Waals surface area contributed by atoms with Crippen LogP contribution in [0.15, 0.2) is 23.0 Å². The van der Waals surface area contributed by atoms with E-state index in [0.717, 1.165) is 0 Å². The summed E-state index contributed by atoms with van der Waals surface area (Å²) in [6.45, 7) is 0. The fourth-order valence-electron chi connectivity index (χ4n) is 0.513. The lowest BCUT2D eigenvalue weighted by molar-refractivity contribution is 1.19. The Balaban J connectivity index is 3.28. The average molecular weight is 120 g/mol. The van der Waals surface area contributed by atoms with Crippen molar-refractivity contribution in [3.63, 3.8) is 0 Å². The summed E-state index contributed by atoms with van der Waals surface area (Å²) in [5, 5.41) is 8.24. The van der Waals surface area contributed by atoms with Crippen LogP contribution in [-0.2, 0) is 0 Å². The number of nitrogens with zero attached hydrogens (tertiary/aromatic N) is 1. The van der Waals surface area contributed by atoms with Gasteiger partial charge in [-0.1, -0.05) is 6.07 Å². The maximum absolute atomic E-state index is 10.4. The number of nitrogens with one attached hydrogen (secondary N) is 1. The Morgan fingerprint density at radius 2 is 2.33 bits per heavy atom. The monoisotopic (exact) mass is 120 g/mol. The van der Waals surface area contributed by atoms with Gasteiger partial charge in [-0.25, -0.2) is 0 Å². The maximum Gasteiger partial charge on any atom is 0.248 e. The Morgan fingerprint density at radius 3 is 2.78 bits per heavy atom. The number of aromatic nitrogens is 1. The first kappa shape index (κ1) is 5.57. The van der Waals surface area contributed by atoms with Crippen LogP contribution in [0.2, 0.25) is 0 Å². The van der Waals surface area contributed by atoms with E-state index in [1.54, 1.807) is 6.07 Å². The van der Waals surface area contributed by atoms with Gasteiger partial charge in [-0.15, -0.1) is 0 Å². The highest BCUT2D eigenvalue weighted by Gasteiger charge is 1.85. The number of nitriles is 1. The van der Waals surface area contributed by atoms with Crippen LogP contribution in [0.4, 0.5) is 0 Å². The van der Waals surface area contributed by atoms with Crippen LogP contribution in [0.1, 0.15) is 5.69 Å². The normalized spacial score (nSPS) is 8.33. The van der Waals surface area contributed by atoms with E-state index in [-0.39, 0.29) is 5.56 Å². The van der Waals surface area contributed by atoms with Gasteiger partial charge < -0.3 is 4.98 Å². The van der Waals surface area contributed by atoms with Gasteiger partial charge >= 0.3 is 0 Å². The van der Waals surface area contributed by atoms with Crippen LogP contribution in [0.3, 0.4) is 0 Å². The Labute approximate surface area is 51.6 Å². The van der Waals surface area contributed by atoms with Gasteiger partial charge in [0.15, 0.2) is 0 Å². The first-order valence-electron chi connectivity index (χ1n) is 2.42. The molecule has 0 saturated carbocycles. The second kappa shape index (κ2) is 2.14. The van der Waals surface area contributed by atoms with Gasteiger partial charge in [-0.3, -0.25) is 4.79 Å². The third-order valence-electron chi connectivity index (χ3n) is 0.889. The van der Waals surface area contributed by atoms with E-state index in [4.69, 9.17) is 5.26 Å². The molecule has 0 fully saturated rings. The minimum absolute atomic E-state index is 0.242. The van der Waals surface area contributed by atoms with Crippen LogP contribution in [0.25, 0.3) is 0 Å². The third-order valence-corrected chi connectivity index (χ3v) is 0.889. The van der Waals surface area contributed by atoms with Crippen molar-refractivity contribution in [2.75, 3.05) is 0 Å². The van der Waals surface area contributed by atoms with Crippen molar-refractivity contribution >= 4 is 0 Å². The maximum atomic E-state index is 10.4. The summed E-state index contributed by atoms with van der Waals surface area (Å²) in [4.78, 5) is 12.8. The van der Waals surface area contributed by atoms with E-state index in [2.05, 4.69) is 4.98 Å². The number of aromatic amines is 1. The molecule has 0 aliphatic rings. The first-order valence-corrected chi connectivity index (χ1v) is 2.42. The van der Waals surface area contributed by atoms with Crippen molar-refractivity contribution in [2.45, 2.75) is 0 Å². The molecular weight excluding hydrogens is 116 g/mol. The molecule has 44 valence electrons. The van der Waals surface area contributed by atoms with Crippen molar-refractivity contribution in [1.82, 2.24) is 4.98 Å². The summed E-state index contributed by atoms with van der Waals surface area (Å²) in [6.07, 6.45) is 0. The lowest BCUT2D eigenvalue weighted by Crippen LogP contribution is -2.03. The van der Waals surface area contributed by atoms with E-state index >= 15 is 0 Å². The fourth-order valence-corrected chi connectivity index (χ4v) is 0.513. The minimum atomic E-state index is -0.242. The van der Waals surface area contributed by atoms with E-state index in [9.17, 15) is 4.79 Å². The number of H-pyrrole nitrogens is 1. The molecule has 1 N–H and O–H groups in total. The van der Waals surface area contributed by atoms with E-state index < -0.39 is 0 Å². The molecule has 3 heteroatoms. The fraction of sp³-hybridized carbons (Fsp3) is 0. The van der Waals surface area contributed by atoms with Gasteiger partial charge in [0.25, 0.3) is 0 Å². The Bertz CT molecular complexity index is 294. The number of rotatable bonds is 0. The molecule has 1 rings (SSSR count). The molecule has 9 heavy (non-hydrogen) atoms. The van der Waals surface area contributed by atoms with Crippen molar-refractivity contribution in [3.05, 3.63) is 34.2 Å². The molecule has 1 aromatic heterocycles. The molecule has 0 saturated heterocycles. The van der Waals surface area contributed by atoms with Gasteiger partial charge in [-0.05, 0) is 6.07 Å². The highest BCUT2D eigenvalue weighted by molar-refractivity contribution is 5.18. The van der Waals surface area contributed by atoms with Crippen molar-refractivity contribution in [3.8, 4) is 6.07 Å². The lowest BCUT2D eigenvalue weighted by Gasteiger charge is -1.82. The van der Waals surface area contributed by atoms with Crippen LogP contribution < -0.4 is 5.56 Å². The van der Waals surface area contributed by atoms with E-state index in [1.165, 1.54) is 12.1 Å². The molecule has 0 spiro atoms. The highest BCUT2D eigenvalue weighted by Crippen LogP contribution is 1.82. The predicted octanol–water partition coefficient (Wildman–Crippen LogP) is 0.247. The summed E-state index contributed by atoms with van der Waals surface area (Å²) in [6, 6.07) is 6.26. The van der Waals surface area contributed by atoms with Crippen LogP contribution >= 0.6 is 0 Å². The Morgan fingerprint density at radius 1 is 1.56 bits per heavy atom. The molecule has 0 aliphatic carbocycles. The number of pyridine rings is 1. The third kappa shape index (κ3) is 1.16. The Kier molecular flexibility index (Phi) is 1.32. The Hall–Kier alpha value is -1.56. The van der Waals surface area contributed by atoms with E-state index in [0.29, 0.717) is 5.69 Å². The molecule has 1 aromatic rings. The molecule has 0 aromatic carbocycles. The van der Waals surface area contributed by atoms with Crippen LogP contribution in [0, 0.1) is 11.3 Å². The molecule has 0 bridgehead atoms. The quantitative estimate of drug-likeness (QED) is 0.533. The summed E-state index contributed by atoms with van der Waals surface area (Å²) >= 11 is 0. The van der Waals surface area contributed by atoms with Crippen molar-refractivity contribution < 1.29 is 0 Å². The zero-order chi connectivity index (χ0) is 6.69. The molecule has 0 amide bonds. The smallest absolute Gasteiger partial charge is 0.248 e. The van der Waals surface area contributed by atoms with Gasteiger partial charge in [0.05, 0.1) is 0 Å². The van der Waals surface area contributed by atoms with Crippen LogP contribution in [-0.4, -0.2) is 4.98 Å².